The third kappa shape index (κ3) is 2.43. The van der Waals surface area contributed by atoms with E-state index in [1.807, 2.05) is 26.3 Å². The Bertz CT molecular complexity index is 1300. The fraction of sp³-hybridized carbons (Fsp3) is 0.214. The monoisotopic (exact) mass is 388 g/mol. The summed E-state index contributed by atoms with van der Waals surface area (Å²) in [5.41, 5.74) is 10.8. The first-order valence-corrected chi connectivity index (χ1v) is 11.1. The van der Waals surface area contributed by atoms with Gasteiger partial charge in [0.2, 0.25) is 0 Å². The summed E-state index contributed by atoms with van der Waals surface area (Å²) in [6.45, 7) is 4.00. The Balaban J connectivity index is 0.000000852. The van der Waals surface area contributed by atoms with Crippen molar-refractivity contribution in [2.75, 3.05) is 0 Å². The Hall–Kier alpha value is -3.26. The molecular weight excluding hydrogens is 364 g/mol. The number of rotatable bonds is 0. The van der Waals surface area contributed by atoms with Crippen LogP contribution in [0.15, 0.2) is 58.5 Å². The van der Waals surface area contributed by atoms with E-state index in [2.05, 4.69) is 58.5 Å². The summed E-state index contributed by atoms with van der Waals surface area (Å²) in [6.07, 6.45) is 8.21. The van der Waals surface area contributed by atoms with Crippen LogP contribution in [0.3, 0.4) is 0 Å². The van der Waals surface area contributed by atoms with Crippen molar-refractivity contribution in [3.63, 3.8) is 0 Å². The van der Waals surface area contributed by atoms with E-state index in [-0.39, 0.29) is 0 Å². The molecule has 2 heterocycles. The van der Waals surface area contributed by atoms with E-state index < -0.39 is 0 Å². The predicted molar refractivity (Wildman–Crippen MR) is 129 cm³/mol. The van der Waals surface area contributed by atoms with E-state index in [0.717, 1.165) is 37.1 Å². The van der Waals surface area contributed by atoms with E-state index in [1.165, 1.54) is 54.9 Å². The van der Waals surface area contributed by atoms with Gasteiger partial charge in [0.25, 0.3) is 0 Å². The van der Waals surface area contributed by atoms with Crippen LogP contribution in [0.4, 0.5) is 11.4 Å². The average Bonchev–Trinajstić information content (AvgIpc) is 3.47. The van der Waals surface area contributed by atoms with Crippen molar-refractivity contribution in [2.45, 2.75) is 39.5 Å². The minimum Gasteiger partial charge on any atom is -0.261 e. The van der Waals surface area contributed by atoms with E-state index in [4.69, 9.17) is 0 Å². The molecule has 0 saturated heterocycles. The van der Waals surface area contributed by atoms with Crippen LogP contribution in [0.1, 0.15) is 36.1 Å². The second-order valence-corrected chi connectivity index (χ2v) is 8.12. The lowest BCUT2D eigenvalue weighted by atomic mass is 9.81. The molecule has 146 valence electrons. The first-order valence-electron chi connectivity index (χ1n) is 11.1. The van der Waals surface area contributed by atoms with Crippen LogP contribution in [-0.4, -0.2) is 12.4 Å². The van der Waals surface area contributed by atoms with E-state index in [0.29, 0.717) is 0 Å². The van der Waals surface area contributed by atoms with Crippen molar-refractivity contribution in [2.24, 2.45) is 9.98 Å². The second-order valence-electron chi connectivity index (χ2n) is 8.12. The van der Waals surface area contributed by atoms with E-state index in [9.17, 15) is 0 Å². The average molecular weight is 389 g/mol. The summed E-state index contributed by atoms with van der Waals surface area (Å²) in [7, 11) is 0. The van der Waals surface area contributed by atoms with Gasteiger partial charge in [-0.2, -0.15) is 0 Å². The number of hydrogen-bond donors (Lipinski definition) is 0. The van der Waals surface area contributed by atoms with Gasteiger partial charge in [0, 0.05) is 25.3 Å². The van der Waals surface area contributed by atoms with Gasteiger partial charge in [0.1, 0.15) is 0 Å². The zero-order valence-electron chi connectivity index (χ0n) is 17.5. The van der Waals surface area contributed by atoms with Crippen LogP contribution in [0, 0.1) is 0 Å². The highest BCUT2D eigenvalue weighted by atomic mass is 14.7. The summed E-state index contributed by atoms with van der Waals surface area (Å²) in [5, 5.41) is 5.43. The lowest BCUT2D eigenvalue weighted by Crippen LogP contribution is -2.05. The van der Waals surface area contributed by atoms with Crippen molar-refractivity contribution in [1.29, 1.82) is 0 Å². The predicted octanol–water partition coefficient (Wildman–Crippen LogP) is 7.30. The molecule has 0 bridgehead atoms. The summed E-state index contributed by atoms with van der Waals surface area (Å²) in [4.78, 5) is 9.05. The maximum Gasteiger partial charge on any atom is 0.0667 e. The number of benzene rings is 4. The van der Waals surface area contributed by atoms with Gasteiger partial charge in [-0.05, 0) is 92.0 Å². The van der Waals surface area contributed by atoms with Gasteiger partial charge in [-0.3, -0.25) is 9.98 Å². The van der Waals surface area contributed by atoms with Crippen LogP contribution in [-0.2, 0) is 25.7 Å². The molecule has 3 aliphatic rings. The van der Waals surface area contributed by atoms with Crippen LogP contribution in [0.2, 0.25) is 0 Å². The first-order chi connectivity index (χ1) is 14.8. The number of fused-ring (bicyclic) bond motifs is 9. The molecule has 0 spiro atoms. The number of hydrogen-bond acceptors (Lipinski definition) is 2. The standard InChI is InChI=1S/C26H18N2.C2H6/c1-2-16-12-22-18(4-6-26-20(22)8-10-28-26)14-24(16)23-13-17-3-5-25-19(7-9-27-25)21(17)11-15(1)23;1-2/h3-6,9-14H,1-2,7-8H2;1-2H3. The Morgan fingerprint density at radius 2 is 1.07 bits per heavy atom. The fourth-order valence-electron chi connectivity index (χ4n) is 5.26. The maximum absolute atomic E-state index is 4.52. The van der Waals surface area contributed by atoms with Crippen molar-refractivity contribution >= 4 is 45.3 Å². The van der Waals surface area contributed by atoms with Gasteiger partial charge >= 0.3 is 0 Å². The lowest BCUT2D eigenvalue weighted by molar-refractivity contribution is 0.946. The molecule has 1 aliphatic carbocycles. The highest BCUT2D eigenvalue weighted by Gasteiger charge is 2.21. The molecule has 30 heavy (non-hydrogen) atoms. The molecule has 0 fully saturated rings. The SMILES string of the molecule is C1=Nc2ccc3cc4c(cc3c2C1)CCc1cc2c3c(ccc2cc1-4)N=CC3.CC. The van der Waals surface area contributed by atoms with Gasteiger partial charge in [0.05, 0.1) is 11.4 Å². The van der Waals surface area contributed by atoms with Gasteiger partial charge in [0.15, 0.2) is 0 Å². The molecule has 4 aromatic rings. The molecule has 2 aliphatic heterocycles. The van der Waals surface area contributed by atoms with Crippen LogP contribution in [0.25, 0.3) is 32.7 Å². The van der Waals surface area contributed by atoms with Crippen molar-refractivity contribution in [3.05, 3.63) is 70.8 Å². The van der Waals surface area contributed by atoms with Crippen LogP contribution in [0.5, 0.6) is 0 Å². The third-order valence-corrected chi connectivity index (χ3v) is 6.67. The highest BCUT2D eigenvalue weighted by Crippen LogP contribution is 2.42. The van der Waals surface area contributed by atoms with Gasteiger partial charge in [-0.15, -0.1) is 0 Å². The minimum atomic E-state index is 0.958. The number of aryl methyl sites for hydroxylation is 2. The second kappa shape index (κ2) is 6.63. The zero-order chi connectivity index (χ0) is 20.2. The Morgan fingerprint density at radius 1 is 0.600 bits per heavy atom. The lowest BCUT2D eigenvalue weighted by Gasteiger charge is -2.22. The molecule has 0 N–H and O–H groups in total. The molecular formula is C28H24N2. The summed E-state index contributed by atoms with van der Waals surface area (Å²) in [5.74, 6) is 0. The van der Waals surface area contributed by atoms with Crippen LogP contribution >= 0.6 is 0 Å². The normalized spacial score (nSPS) is 14.9. The highest BCUT2D eigenvalue weighted by molar-refractivity contribution is 6.01. The Labute approximate surface area is 177 Å². The molecule has 0 saturated carbocycles. The summed E-state index contributed by atoms with van der Waals surface area (Å²) in [6, 6.07) is 18.5. The van der Waals surface area contributed by atoms with E-state index >= 15 is 0 Å². The third-order valence-electron chi connectivity index (χ3n) is 6.67. The fourth-order valence-corrected chi connectivity index (χ4v) is 5.26. The van der Waals surface area contributed by atoms with Crippen molar-refractivity contribution in [1.82, 2.24) is 0 Å². The Morgan fingerprint density at radius 3 is 1.53 bits per heavy atom. The summed E-state index contributed by atoms with van der Waals surface area (Å²) >= 11 is 0. The molecule has 0 aromatic heterocycles. The minimum absolute atomic E-state index is 0.958. The quantitative estimate of drug-likeness (QED) is 0.302. The Kier molecular flexibility index (Phi) is 3.89. The molecule has 2 nitrogen and oxygen atoms in total. The van der Waals surface area contributed by atoms with E-state index in [1.54, 1.807) is 0 Å². The zero-order valence-corrected chi connectivity index (χ0v) is 17.5. The maximum atomic E-state index is 4.52. The number of nitrogens with zero attached hydrogens (tertiary/aromatic N) is 2. The number of aliphatic imine (C=N–C) groups is 2. The first kappa shape index (κ1) is 17.6. The smallest absolute Gasteiger partial charge is 0.0667 e. The van der Waals surface area contributed by atoms with Gasteiger partial charge in [-0.25, -0.2) is 0 Å². The summed E-state index contributed by atoms with van der Waals surface area (Å²) < 4.78 is 0. The molecule has 0 amide bonds. The molecule has 0 unspecified atom stereocenters. The van der Waals surface area contributed by atoms with Crippen molar-refractivity contribution < 1.29 is 0 Å². The van der Waals surface area contributed by atoms with Crippen molar-refractivity contribution in [3.8, 4) is 11.1 Å². The topological polar surface area (TPSA) is 24.7 Å². The molecule has 0 radical (unpaired) electrons. The molecule has 4 aromatic carbocycles. The van der Waals surface area contributed by atoms with Gasteiger partial charge < -0.3 is 0 Å². The van der Waals surface area contributed by atoms with Crippen LogP contribution < -0.4 is 0 Å². The molecule has 0 atom stereocenters. The molecule has 7 rings (SSSR count). The molecule has 2 heteroatoms. The largest absolute Gasteiger partial charge is 0.261 e. The van der Waals surface area contributed by atoms with Gasteiger partial charge in [-0.1, -0.05) is 38.1 Å².